The molecule has 0 bridgehead atoms. The number of methoxy groups -OCH3 is 1. The van der Waals surface area contributed by atoms with Gasteiger partial charge in [0.05, 0.1) is 34.7 Å². The number of pyridine rings is 1. The summed E-state index contributed by atoms with van der Waals surface area (Å²) in [5, 5.41) is 0.404. The Balaban J connectivity index is 1.30. The van der Waals surface area contributed by atoms with Crippen molar-refractivity contribution in [3.8, 4) is 5.75 Å². The molecule has 0 unspecified atom stereocenters. The highest BCUT2D eigenvalue weighted by molar-refractivity contribution is 6.21. The number of nitrogens with one attached hydrogen (secondary N) is 1. The zero-order chi connectivity index (χ0) is 25.5. The molecule has 37 heavy (non-hydrogen) atoms. The monoisotopic (exact) mass is 494 g/mol. The summed E-state index contributed by atoms with van der Waals surface area (Å²) in [4.78, 5) is 57.0. The number of aromatic nitrogens is 5. The highest BCUT2D eigenvalue weighted by Crippen LogP contribution is 2.23. The van der Waals surface area contributed by atoms with Crippen LogP contribution >= 0.6 is 0 Å². The van der Waals surface area contributed by atoms with Crippen molar-refractivity contribution in [2.45, 2.75) is 19.4 Å². The molecule has 0 fully saturated rings. The lowest BCUT2D eigenvalue weighted by Gasteiger charge is -2.16. The fraction of sp³-hybridized carbons (Fsp3) is 0.185. The summed E-state index contributed by atoms with van der Waals surface area (Å²) >= 11 is 0. The van der Waals surface area contributed by atoms with Crippen LogP contribution in [0.5, 0.6) is 5.75 Å². The second-order valence-corrected chi connectivity index (χ2v) is 8.73. The van der Waals surface area contributed by atoms with Gasteiger partial charge in [0.15, 0.2) is 5.65 Å². The molecule has 0 saturated carbocycles. The zero-order valence-corrected chi connectivity index (χ0v) is 20.0. The Kier molecular flexibility index (Phi) is 5.48. The van der Waals surface area contributed by atoms with Gasteiger partial charge in [-0.3, -0.25) is 23.9 Å². The molecule has 0 saturated heterocycles. The van der Waals surface area contributed by atoms with Gasteiger partial charge in [0.2, 0.25) is 0 Å². The third kappa shape index (κ3) is 3.92. The van der Waals surface area contributed by atoms with Crippen molar-refractivity contribution in [2.75, 3.05) is 13.7 Å². The molecule has 1 N–H and O–H groups in total. The Morgan fingerprint density at radius 3 is 2.43 bits per heavy atom. The summed E-state index contributed by atoms with van der Waals surface area (Å²) in [7, 11) is 1.61. The maximum atomic E-state index is 13.4. The summed E-state index contributed by atoms with van der Waals surface area (Å²) in [6.07, 6.45) is 2.24. The fourth-order valence-electron chi connectivity index (χ4n) is 4.68. The number of aromatic amines is 1. The number of H-pyrrole nitrogens is 1. The van der Waals surface area contributed by atoms with Crippen LogP contribution in [0, 0.1) is 0 Å². The van der Waals surface area contributed by atoms with Crippen LogP contribution in [0.2, 0.25) is 0 Å². The van der Waals surface area contributed by atoms with Crippen molar-refractivity contribution in [1.29, 1.82) is 0 Å². The van der Waals surface area contributed by atoms with Crippen molar-refractivity contribution in [2.24, 2.45) is 0 Å². The van der Waals surface area contributed by atoms with Gasteiger partial charge < -0.3 is 9.72 Å². The van der Waals surface area contributed by atoms with Crippen molar-refractivity contribution in [3.05, 3.63) is 93.9 Å². The molecule has 0 radical (unpaired) electrons. The molecule has 5 aromatic rings. The molecule has 10 nitrogen and oxygen atoms in total. The van der Waals surface area contributed by atoms with Crippen LogP contribution in [0.4, 0.5) is 0 Å². The SMILES string of the molecule is COc1ccc2nc(CCn3c(CCN4C(=O)c5ccccc5C4=O)nc4ncccc4c3=O)[nH]c2c1. The highest BCUT2D eigenvalue weighted by Gasteiger charge is 2.35. The van der Waals surface area contributed by atoms with E-state index in [-0.39, 0.29) is 30.3 Å². The van der Waals surface area contributed by atoms with E-state index < -0.39 is 0 Å². The third-order valence-electron chi connectivity index (χ3n) is 6.56. The van der Waals surface area contributed by atoms with E-state index in [4.69, 9.17) is 4.74 Å². The molecule has 0 aliphatic carbocycles. The molecule has 4 heterocycles. The minimum atomic E-state index is -0.342. The average molecular weight is 495 g/mol. The fourth-order valence-corrected chi connectivity index (χ4v) is 4.68. The Morgan fingerprint density at radius 1 is 0.892 bits per heavy atom. The predicted octanol–water partition coefficient (Wildman–Crippen LogP) is 2.76. The summed E-state index contributed by atoms with van der Waals surface area (Å²) in [6, 6.07) is 15.7. The van der Waals surface area contributed by atoms with Gasteiger partial charge in [-0.25, -0.2) is 15.0 Å². The number of hydrogen-bond donors (Lipinski definition) is 1. The van der Waals surface area contributed by atoms with Gasteiger partial charge in [-0.1, -0.05) is 12.1 Å². The van der Waals surface area contributed by atoms with Crippen LogP contribution in [-0.4, -0.2) is 54.9 Å². The van der Waals surface area contributed by atoms with Crippen molar-refractivity contribution >= 4 is 33.9 Å². The molecule has 184 valence electrons. The van der Waals surface area contributed by atoms with Crippen LogP contribution in [0.3, 0.4) is 0 Å². The summed E-state index contributed by atoms with van der Waals surface area (Å²) in [6.45, 7) is 0.409. The standard InChI is InChI=1S/C27H22N6O4/c1-37-16-8-9-20-21(15-16)30-22(29-20)10-13-32-23(31-24-19(27(32)36)7-4-12-28-24)11-14-33-25(34)17-5-2-3-6-18(17)26(33)35/h2-9,12,15H,10-11,13-14H2,1H3,(H,29,30). The molecule has 0 atom stereocenters. The lowest BCUT2D eigenvalue weighted by molar-refractivity contribution is 0.0655. The van der Waals surface area contributed by atoms with E-state index in [1.807, 2.05) is 18.2 Å². The van der Waals surface area contributed by atoms with Gasteiger partial charge in [0, 0.05) is 38.2 Å². The van der Waals surface area contributed by atoms with Crippen LogP contribution in [0.1, 0.15) is 32.4 Å². The smallest absolute Gasteiger partial charge is 0.263 e. The van der Waals surface area contributed by atoms with Crippen LogP contribution in [0.25, 0.3) is 22.1 Å². The molecule has 1 aliphatic heterocycles. The van der Waals surface area contributed by atoms with Crippen molar-refractivity contribution in [3.63, 3.8) is 0 Å². The summed E-state index contributed by atoms with van der Waals surface area (Å²) in [5.41, 5.74) is 2.52. The highest BCUT2D eigenvalue weighted by atomic mass is 16.5. The van der Waals surface area contributed by atoms with E-state index in [1.54, 1.807) is 54.3 Å². The normalized spacial score (nSPS) is 13.1. The number of rotatable bonds is 7. The van der Waals surface area contributed by atoms with Crippen LogP contribution in [0.15, 0.2) is 65.6 Å². The van der Waals surface area contributed by atoms with E-state index in [2.05, 4.69) is 19.9 Å². The number of carbonyl (C=O) groups excluding carboxylic acids is 2. The Hall–Kier alpha value is -4.86. The van der Waals surface area contributed by atoms with Gasteiger partial charge in [0.25, 0.3) is 17.4 Å². The maximum Gasteiger partial charge on any atom is 0.263 e. The lowest BCUT2D eigenvalue weighted by Crippen LogP contribution is -2.34. The van der Waals surface area contributed by atoms with Crippen LogP contribution in [-0.2, 0) is 19.4 Å². The molecule has 2 aromatic carbocycles. The van der Waals surface area contributed by atoms with E-state index >= 15 is 0 Å². The second kappa shape index (κ2) is 8.98. The predicted molar refractivity (Wildman–Crippen MR) is 136 cm³/mol. The number of nitrogens with zero attached hydrogens (tertiary/aromatic N) is 5. The van der Waals surface area contributed by atoms with Gasteiger partial charge >= 0.3 is 0 Å². The molecular weight excluding hydrogens is 472 g/mol. The number of aryl methyl sites for hydroxylation is 1. The van der Waals surface area contributed by atoms with Crippen LogP contribution < -0.4 is 10.3 Å². The van der Waals surface area contributed by atoms with E-state index in [9.17, 15) is 14.4 Å². The molecule has 2 amide bonds. The minimum Gasteiger partial charge on any atom is -0.497 e. The number of benzene rings is 2. The lowest BCUT2D eigenvalue weighted by atomic mass is 10.1. The number of ether oxygens (including phenoxy) is 1. The number of carbonyl (C=O) groups is 2. The van der Waals surface area contributed by atoms with Gasteiger partial charge in [-0.05, 0) is 36.4 Å². The van der Waals surface area contributed by atoms with Crippen molar-refractivity contribution in [1.82, 2.24) is 29.4 Å². The number of fused-ring (bicyclic) bond motifs is 3. The molecule has 6 rings (SSSR count). The minimum absolute atomic E-state index is 0.0988. The first-order valence-electron chi connectivity index (χ1n) is 11.9. The van der Waals surface area contributed by atoms with E-state index in [1.165, 1.54) is 4.90 Å². The quantitative estimate of drug-likeness (QED) is 0.345. The largest absolute Gasteiger partial charge is 0.497 e. The number of imidazole rings is 1. The first-order valence-corrected chi connectivity index (χ1v) is 11.9. The maximum absolute atomic E-state index is 13.4. The topological polar surface area (TPSA) is 123 Å². The average Bonchev–Trinajstić information content (AvgIpc) is 3.44. The number of hydrogen-bond acceptors (Lipinski definition) is 7. The van der Waals surface area contributed by atoms with Gasteiger partial charge in [-0.15, -0.1) is 0 Å². The molecule has 10 heteroatoms. The number of imide groups is 1. The Labute approximate surface area is 210 Å². The number of amides is 2. The van der Waals surface area contributed by atoms with E-state index in [0.717, 1.165) is 16.8 Å². The zero-order valence-electron chi connectivity index (χ0n) is 20.0. The molecule has 1 aliphatic rings. The molecule has 0 spiro atoms. The Morgan fingerprint density at radius 2 is 1.68 bits per heavy atom. The summed E-state index contributed by atoms with van der Waals surface area (Å²) < 4.78 is 6.86. The first kappa shape index (κ1) is 22.6. The second-order valence-electron chi connectivity index (χ2n) is 8.73. The molecule has 3 aromatic heterocycles. The van der Waals surface area contributed by atoms with Gasteiger partial charge in [-0.2, -0.15) is 0 Å². The third-order valence-corrected chi connectivity index (χ3v) is 6.56. The van der Waals surface area contributed by atoms with E-state index in [0.29, 0.717) is 46.8 Å². The molecular formula is C27H22N6O4. The van der Waals surface area contributed by atoms with Gasteiger partial charge in [0.1, 0.15) is 17.4 Å². The summed E-state index contributed by atoms with van der Waals surface area (Å²) in [5.74, 6) is 1.20. The first-order chi connectivity index (χ1) is 18.0. The van der Waals surface area contributed by atoms with Crippen molar-refractivity contribution < 1.29 is 14.3 Å². The Bertz CT molecular complexity index is 1720.